The van der Waals surface area contributed by atoms with Gasteiger partial charge in [0.05, 0.1) is 18.1 Å². The van der Waals surface area contributed by atoms with Crippen molar-refractivity contribution in [2.45, 2.75) is 12.5 Å². The molecule has 0 spiro atoms. The van der Waals surface area contributed by atoms with Crippen molar-refractivity contribution in [3.63, 3.8) is 0 Å². The second kappa shape index (κ2) is 4.40. The summed E-state index contributed by atoms with van der Waals surface area (Å²) in [6, 6.07) is 2.77. The van der Waals surface area contributed by atoms with E-state index < -0.39 is 11.9 Å². The lowest BCUT2D eigenvalue weighted by Gasteiger charge is -2.07. The second-order valence-corrected chi connectivity index (χ2v) is 3.64. The van der Waals surface area contributed by atoms with Crippen LogP contribution in [0.5, 0.6) is 0 Å². The molecule has 2 heterocycles. The minimum absolute atomic E-state index is 0.405. The van der Waals surface area contributed by atoms with Gasteiger partial charge in [-0.1, -0.05) is 0 Å². The molecule has 5 heteroatoms. The van der Waals surface area contributed by atoms with Crippen LogP contribution in [-0.4, -0.2) is 19.9 Å². The van der Waals surface area contributed by atoms with Gasteiger partial charge in [0, 0.05) is 19.7 Å². The van der Waals surface area contributed by atoms with Crippen LogP contribution in [0.4, 0.5) is 4.39 Å². The molecular formula is C11H12FN3O. The number of aryl methyl sites for hydroxylation is 1. The smallest absolute Gasteiger partial charge is 0.141 e. The molecule has 0 amide bonds. The summed E-state index contributed by atoms with van der Waals surface area (Å²) < 4.78 is 14.3. The zero-order valence-corrected chi connectivity index (χ0v) is 8.84. The number of aliphatic hydroxyl groups is 1. The molecule has 16 heavy (non-hydrogen) atoms. The zero-order chi connectivity index (χ0) is 11.5. The van der Waals surface area contributed by atoms with Crippen molar-refractivity contribution < 1.29 is 9.50 Å². The minimum Gasteiger partial charge on any atom is -0.386 e. The van der Waals surface area contributed by atoms with E-state index >= 15 is 0 Å². The number of aromatic nitrogens is 3. The van der Waals surface area contributed by atoms with E-state index in [0.717, 1.165) is 11.8 Å². The Labute approximate surface area is 92.4 Å². The Morgan fingerprint density at radius 3 is 2.81 bits per heavy atom. The van der Waals surface area contributed by atoms with Gasteiger partial charge >= 0.3 is 0 Å². The third kappa shape index (κ3) is 2.43. The number of pyridine rings is 1. The first-order valence-electron chi connectivity index (χ1n) is 4.92. The molecule has 2 aromatic rings. The quantitative estimate of drug-likeness (QED) is 0.848. The fraction of sp³-hybridized carbons (Fsp3) is 0.273. The van der Waals surface area contributed by atoms with E-state index in [4.69, 9.17) is 0 Å². The van der Waals surface area contributed by atoms with Crippen LogP contribution in [0.2, 0.25) is 0 Å². The first kappa shape index (κ1) is 10.8. The van der Waals surface area contributed by atoms with Gasteiger partial charge in [-0.25, -0.2) is 4.39 Å². The highest BCUT2D eigenvalue weighted by atomic mass is 19.1. The fourth-order valence-electron chi connectivity index (χ4n) is 1.49. The lowest BCUT2D eigenvalue weighted by atomic mass is 10.1. The van der Waals surface area contributed by atoms with Crippen molar-refractivity contribution in [1.82, 2.24) is 14.8 Å². The van der Waals surface area contributed by atoms with Gasteiger partial charge in [-0.05, 0) is 17.7 Å². The summed E-state index contributed by atoms with van der Waals surface area (Å²) in [7, 11) is 1.81. The first-order valence-corrected chi connectivity index (χ1v) is 4.92. The van der Waals surface area contributed by atoms with Gasteiger partial charge in [-0.2, -0.15) is 5.10 Å². The Balaban J connectivity index is 2.08. The van der Waals surface area contributed by atoms with Gasteiger partial charge in [-0.3, -0.25) is 9.67 Å². The van der Waals surface area contributed by atoms with Crippen LogP contribution in [0.25, 0.3) is 0 Å². The number of aliphatic hydroxyl groups excluding tert-OH is 1. The number of rotatable bonds is 3. The highest BCUT2D eigenvalue weighted by Gasteiger charge is 2.11. The van der Waals surface area contributed by atoms with Gasteiger partial charge in [0.1, 0.15) is 11.9 Å². The molecule has 0 saturated carbocycles. The van der Waals surface area contributed by atoms with Crippen molar-refractivity contribution in [1.29, 1.82) is 0 Å². The normalized spacial score (nSPS) is 12.7. The summed E-state index contributed by atoms with van der Waals surface area (Å²) in [6.07, 6.45) is 4.30. The van der Waals surface area contributed by atoms with E-state index in [2.05, 4.69) is 10.1 Å². The Bertz CT molecular complexity index is 466. The predicted molar refractivity (Wildman–Crippen MR) is 56.1 cm³/mol. The van der Waals surface area contributed by atoms with Gasteiger partial charge < -0.3 is 5.11 Å². The number of hydrogen-bond acceptors (Lipinski definition) is 3. The molecule has 1 atom stereocenters. The van der Waals surface area contributed by atoms with Gasteiger partial charge in [0.2, 0.25) is 0 Å². The maximum atomic E-state index is 12.6. The third-order valence-electron chi connectivity index (χ3n) is 2.28. The number of nitrogens with zero attached hydrogens (tertiary/aromatic N) is 3. The average molecular weight is 221 g/mol. The van der Waals surface area contributed by atoms with Crippen LogP contribution < -0.4 is 0 Å². The van der Waals surface area contributed by atoms with Crippen molar-refractivity contribution >= 4 is 0 Å². The van der Waals surface area contributed by atoms with Gasteiger partial charge in [0.15, 0.2) is 0 Å². The Morgan fingerprint density at radius 2 is 2.25 bits per heavy atom. The molecule has 0 saturated heterocycles. The molecule has 0 aliphatic rings. The van der Waals surface area contributed by atoms with Gasteiger partial charge in [0.25, 0.3) is 0 Å². The molecule has 0 bridgehead atoms. The van der Waals surface area contributed by atoms with E-state index in [1.165, 1.54) is 12.1 Å². The summed E-state index contributed by atoms with van der Waals surface area (Å²) in [6.45, 7) is 0. The predicted octanol–water partition coefficient (Wildman–Crippen LogP) is 1.23. The van der Waals surface area contributed by atoms with Gasteiger partial charge in [-0.15, -0.1) is 0 Å². The van der Waals surface area contributed by atoms with Crippen LogP contribution in [0.1, 0.15) is 17.4 Å². The fourth-order valence-corrected chi connectivity index (χ4v) is 1.49. The SMILES string of the molecule is Cn1cc(CC(O)c2ccc(F)cn2)cn1. The van der Waals surface area contributed by atoms with Crippen LogP contribution in [0.3, 0.4) is 0 Å². The summed E-state index contributed by atoms with van der Waals surface area (Å²) in [5.41, 5.74) is 1.38. The molecule has 4 nitrogen and oxygen atoms in total. The van der Waals surface area contributed by atoms with E-state index in [-0.39, 0.29) is 0 Å². The average Bonchev–Trinajstić information content (AvgIpc) is 2.65. The Kier molecular flexibility index (Phi) is 2.96. The minimum atomic E-state index is -0.732. The molecular weight excluding hydrogens is 209 g/mol. The summed E-state index contributed by atoms with van der Waals surface area (Å²) >= 11 is 0. The summed E-state index contributed by atoms with van der Waals surface area (Å²) in [5.74, 6) is -0.405. The molecule has 0 radical (unpaired) electrons. The van der Waals surface area contributed by atoms with Crippen molar-refractivity contribution in [3.8, 4) is 0 Å². The zero-order valence-electron chi connectivity index (χ0n) is 8.84. The number of hydrogen-bond donors (Lipinski definition) is 1. The molecule has 0 aliphatic heterocycles. The highest BCUT2D eigenvalue weighted by molar-refractivity contribution is 5.13. The molecule has 1 unspecified atom stereocenters. The van der Waals surface area contributed by atoms with E-state index in [1.54, 1.807) is 10.9 Å². The largest absolute Gasteiger partial charge is 0.386 e. The van der Waals surface area contributed by atoms with Crippen LogP contribution in [-0.2, 0) is 13.5 Å². The highest BCUT2D eigenvalue weighted by Crippen LogP contribution is 2.15. The lowest BCUT2D eigenvalue weighted by molar-refractivity contribution is 0.173. The Hall–Kier alpha value is -1.75. The van der Waals surface area contributed by atoms with Crippen molar-refractivity contribution in [2.24, 2.45) is 7.05 Å². The number of halogens is 1. The van der Waals surface area contributed by atoms with E-state index in [9.17, 15) is 9.50 Å². The van der Waals surface area contributed by atoms with E-state index in [0.29, 0.717) is 12.1 Å². The summed E-state index contributed by atoms with van der Waals surface area (Å²) in [4.78, 5) is 3.83. The lowest BCUT2D eigenvalue weighted by Crippen LogP contribution is -2.03. The topological polar surface area (TPSA) is 50.9 Å². The van der Waals surface area contributed by atoms with Crippen molar-refractivity contribution in [3.05, 3.63) is 47.8 Å². The maximum absolute atomic E-state index is 12.6. The second-order valence-electron chi connectivity index (χ2n) is 3.64. The molecule has 2 rings (SSSR count). The monoisotopic (exact) mass is 221 g/mol. The maximum Gasteiger partial charge on any atom is 0.141 e. The summed E-state index contributed by atoms with van der Waals surface area (Å²) in [5, 5.41) is 13.9. The standard InChI is InChI=1S/C11H12FN3O/c1-15-7-8(5-14-15)4-11(16)10-3-2-9(12)6-13-10/h2-3,5-7,11,16H,4H2,1H3. The van der Waals surface area contributed by atoms with Crippen LogP contribution >= 0.6 is 0 Å². The first-order chi connectivity index (χ1) is 7.65. The molecule has 0 fully saturated rings. The molecule has 1 N–H and O–H groups in total. The molecule has 0 aliphatic carbocycles. The molecule has 0 aromatic carbocycles. The van der Waals surface area contributed by atoms with Crippen LogP contribution in [0, 0.1) is 5.82 Å². The molecule has 84 valence electrons. The molecule has 2 aromatic heterocycles. The third-order valence-corrected chi connectivity index (χ3v) is 2.28. The van der Waals surface area contributed by atoms with Crippen molar-refractivity contribution in [2.75, 3.05) is 0 Å². The van der Waals surface area contributed by atoms with Crippen LogP contribution in [0.15, 0.2) is 30.7 Å². The van der Waals surface area contributed by atoms with E-state index in [1.807, 2.05) is 13.2 Å². The Morgan fingerprint density at radius 1 is 1.44 bits per heavy atom.